The van der Waals surface area contributed by atoms with E-state index >= 15 is 0 Å². The quantitative estimate of drug-likeness (QED) is 0.786. The van der Waals surface area contributed by atoms with Crippen molar-refractivity contribution >= 4 is 28.7 Å². The number of methoxy groups -OCH3 is 1. The molecule has 2 rings (SSSR count). The molecule has 0 atom stereocenters. The number of carbonyl (C=O) groups is 1. The second kappa shape index (κ2) is 5.34. The van der Waals surface area contributed by atoms with Crippen LogP contribution in [0.1, 0.15) is 15.2 Å². The maximum absolute atomic E-state index is 12.0. The number of ketones is 1. The first-order valence-corrected chi connectivity index (χ1v) is 6.35. The van der Waals surface area contributed by atoms with Crippen LogP contribution in [0.15, 0.2) is 35.7 Å². The van der Waals surface area contributed by atoms with E-state index in [1.165, 1.54) is 11.3 Å². The van der Waals surface area contributed by atoms with Gasteiger partial charge in [0.25, 0.3) is 0 Å². The van der Waals surface area contributed by atoms with E-state index in [1.54, 1.807) is 19.2 Å². The highest BCUT2D eigenvalue weighted by Crippen LogP contribution is 2.24. The number of ether oxygens (including phenoxy) is 1. The minimum atomic E-state index is 0.0615. The number of hydrogen-bond acceptors (Lipinski definition) is 3. The highest BCUT2D eigenvalue weighted by Gasteiger charge is 2.12. The van der Waals surface area contributed by atoms with Crippen molar-refractivity contribution in [1.82, 2.24) is 0 Å². The predicted octanol–water partition coefficient (Wildman–Crippen LogP) is 3.84. The van der Waals surface area contributed by atoms with Gasteiger partial charge in [0, 0.05) is 22.9 Å². The zero-order valence-electron chi connectivity index (χ0n) is 9.27. The van der Waals surface area contributed by atoms with Crippen molar-refractivity contribution in [2.75, 3.05) is 7.11 Å². The second-order valence-electron chi connectivity index (χ2n) is 3.54. The van der Waals surface area contributed by atoms with Crippen LogP contribution in [0.25, 0.3) is 0 Å². The monoisotopic (exact) mass is 266 g/mol. The van der Waals surface area contributed by atoms with Crippen LogP contribution in [-0.4, -0.2) is 12.9 Å². The number of carbonyl (C=O) groups excluding carboxylic acids is 1. The van der Waals surface area contributed by atoms with Crippen LogP contribution in [0.4, 0.5) is 0 Å². The number of thiophene rings is 1. The van der Waals surface area contributed by atoms with Crippen LogP contribution < -0.4 is 4.74 Å². The van der Waals surface area contributed by atoms with Gasteiger partial charge in [-0.2, -0.15) is 0 Å². The average Bonchev–Trinajstić information content (AvgIpc) is 2.81. The van der Waals surface area contributed by atoms with Crippen LogP contribution in [-0.2, 0) is 6.42 Å². The Bertz CT molecular complexity index is 534. The largest absolute Gasteiger partial charge is 0.496 e. The van der Waals surface area contributed by atoms with Crippen molar-refractivity contribution in [1.29, 1.82) is 0 Å². The van der Waals surface area contributed by atoms with Gasteiger partial charge in [0.15, 0.2) is 5.78 Å². The van der Waals surface area contributed by atoms with Crippen LogP contribution in [0, 0.1) is 0 Å². The molecule has 2 aromatic rings. The summed E-state index contributed by atoms with van der Waals surface area (Å²) in [5.41, 5.74) is 0.853. The van der Waals surface area contributed by atoms with Crippen LogP contribution in [0.3, 0.4) is 0 Å². The minimum absolute atomic E-state index is 0.0615. The van der Waals surface area contributed by atoms with Crippen LogP contribution in [0.5, 0.6) is 5.75 Å². The van der Waals surface area contributed by atoms with Gasteiger partial charge in [-0.15, -0.1) is 11.3 Å². The Morgan fingerprint density at radius 1 is 1.41 bits per heavy atom. The first-order chi connectivity index (χ1) is 8.20. The Balaban J connectivity index is 2.14. The Labute approximate surface area is 109 Å². The lowest BCUT2D eigenvalue weighted by Gasteiger charge is -2.01. The molecule has 1 aromatic carbocycles. The Hall–Kier alpha value is -1.32. The lowest BCUT2D eigenvalue weighted by atomic mass is 10.1. The molecule has 1 aromatic heterocycles. The maximum atomic E-state index is 12.0. The summed E-state index contributed by atoms with van der Waals surface area (Å²) in [6.07, 6.45) is 0.323. The van der Waals surface area contributed by atoms with Gasteiger partial charge >= 0.3 is 0 Å². The van der Waals surface area contributed by atoms with Gasteiger partial charge in [0.1, 0.15) is 5.75 Å². The van der Waals surface area contributed by atoms with Crippen molar-refractivity contribution in [2.45, 2.75) is 6.42 Å². The molecule has 1 heterocycles. The normalized spacial score (nSPS) is 10.2. The van der Waals surface area contributed by atoms with Crippen LogP contribution in [0.2, 0.25) is 5.02 Å². The zero-order chi connectivity index (χ0) is 12.3. The first-order valence-electron chi connectivity index (χ1n) is 5.10. The third kappa shape index (κ3) is 2.87. The van der Waals surface area contributed by atoms with Crippen molar-refractivity contribution in [3.8, 4) is 5.75 Å². The molecule has 0 aliphatic heterocycles. The van der Waals surface area contributed by atoms with Crippen molar-refractivity contribution < 1.29 is 9.53 Å². The fraction of sp³-hybridized carbons (Fsp3) is 0.154. The number of Topliss-reactive ketones (excluding diaryl/α,β-unsaturated/α-hetero) is 1. The Kier molecular flexibility index (Phi) is 3.82. The molecular weight excluding hydrogens is 256 g/mol. The first kappa shape index (κ1) is 12.1. The third-order valence-electron chi connectivity index (χ3n) is 2.39. The molecular formula is C13H11ClO2S. The fourth-order valence-corrected chi connectivity index (χ4v) is 2.47. The molecule has 17 heavy (non-hydrogen) atoms. The lowest BCUT2D eigenvalue weighted by Crippen LogP contribution is -2.01. The fourth-order valence-electron chi connectivity index (χ4n) is 1.47. The molecule has 0 saturated heterocycles. The van der Waals surface area contributed by atoms with E-state index in [1.807, 2.05) is 23.6 Å². The van der Waals surface area contributed by atoms with Crippen LogP contribution >= 0.6 is 22.9 Å². The van der Waals surface area contributed by atoms with E-state index in [4.69, 9.17) is 16.3 Å². The Morgan fingerprint density at radius 2 is 2.18 bits per heavy atom. The average molecular weight is 267 g/mol. The van der Waals surface area contributed by atoms with Gasteiger partial charge in [0.2, 0.25) is 0 Å². The standard InChI is InChI=1S/C13H11ClO2S/c1-16-10-7-13(17-8-10)12(15)6-9-4-2-3-5-11(9)14/h2-5,7-8H,6H2,1H3. The van der Waals surface area contributed by atoms with E-state index < -0.39 is 0 Å². The SMILES string of the molecule is COc1csc(C(=O)Cc2ccccc2Cl)c1. The minimum Gasteiger partial charge on any atom is -0.496 e. The molecule has 88 valence electrons. The molecule has 0 radical (unpaired) electrons. The number of hydrogen-bond donors (Lipinski definition) is 0. The molecule has 0 saturated carbocycles. The molecule has 0 aliphatic carbocycles. The topological polar surface area (TPSA) is 26.3 Å². The highest BCUT2D eigenvalue weighted by molar-refractivity contribution is 7.12. The summed E-state index contributed by atoms with van der Waals surface area (Å²) in [6, 6.07) is 9.14. The molecule has 2 nitrogen and oxygen atoms in total. The van der Waals surface area contributed by atoms with Gasteiger partial charge in [-0.3, -0.25) is 4.79 Å². The maximum Gasteiger partial charge on any atom is 0.177 e. The predicted molar refractivity (Wildman–Crippen MR) is 70.4 cm³/mol. The summed E-state index contributed by atoms with van der Waals surface area (Å²) >= 11 is 7.40. The van der Waals surface area contributed by atoms with E-state index in [0.29, 0.717) is 16.3 Å². The van der Waals surface area contributed by atoms with Gasteiger partial charge in [-0.05, 0) is 11.6 Å². The zero-order valence-corrected chi connectivity index (χ0v) is 10.8. The van der Waals surface area contributed by atoms with E-state index in [0.717, 1.165) is 11.3 Å². The Morgan fingerprint density at radius 3 is 2.82 bits per heavy atom. The molecule has 0 spiro atoms. The molecule has 4 heteroatoms. The summed E-state index contributed by atoms with van der Waals surface area (Å²) in [7, 11) is 1.59. The molecule has 0 aliphatic rings. The van der Waals surface area contributed by atoms with Gasteiger partial charge in [0.05, 0.1) is 12.0 Å². The third-order valence-corrected chi connectivity index (χ3v) is 3.71. The number of rotatable bonds is 4. The van der Waals surface area contributed by atoms with Crippen molar-refractivity contribution in [2.24, 2.45) is 0 Å². The van der Waals surface area contributed by atoms with Crippen molar-refractivity contribution in [3.63, 3.8) is 0 Å². The summed E-state index contributed by atoms with van der Waals surface area (Å²) in [6.45, 7) is 0. The molecule has 0 amide bonds. The molecule has 0 N–H and O–H groups in total. The molecule has 0 bridgehead atoms. The van der Waals surface area contributed by atoms with Crippen molar-refractivity contribution in [3.05, 3.63) is 51.2 Å². The lowest BCUT2D eigenvalue weighted by molar-refractivity contribution is 0.0996. The number of benzene rings is 1. The second-order valence-corrected chi connectivity index (χ2v) is 4.86. The summed E-state index contributed by atoms with van der Waals surface area (Å²) in [5, 5.41) is 2.45. The number of halogens is 1. The van der Waals surface area contributed by atoms with E-state index in [2.05, 4.69) is 0 Å². The van der Waals surface area contributed by atoms with E-state index in [-0.39, 0.29) is 5.78 Å². The smallest absolute Gasteiger partial charge is 0.177 e. The van der Waals surface area contributed by atoms with E-state index in [9.17, 15) is 4.79 Å². The summed E-state index contributed by atoms with van der Waals surface area (Å²) in [5.74, 6) is 0.781. The molecule has 0 fully saturated rings. The van der Waals surface area contributed by atoms with Gasteiger partial charge in [-0.1, -0.05) is 29.8 Å². The van der Waals surface area contributed by atoms with Gasteiger partial charge in [-0.25, -0.2) is 0 Å². The highest BCUT2D eigenvalue weighted by atomic mass is 35.5. The summed E-state index contributed by atoms with van der Waals surface area (Å²) < 4.78 is 5.05. The molecule has 0 unspecified atom stereocenters. The summed E-state index contributed by atoms with van der Waals surface area (Å²) in [4.78, 5) is 12.7. The van der Waals surface area contributed by atoms with Gasteiger partial charge < -0.3 is 4.74 Å².